The van der Waals surface area contributed by atoms with E-state index in [2.05, 4.69) is 4.98 Å². The van der Waals surface area contributed by atoms with E-state index in [-0.39, 0.29) is 11.3 Å². The number of hydrogen-bond donors (Lipinski definition) is 1. The predicted octanol–water partition coefficient (Wildman–Crippen LogP) is 4.19. The Morgan fingerprint density at radius 2 is 1.57 bits per heavy atom. The molecule has 2 heterocycles. The number of carbonyl (C=O) groups excluding carboxylic acids is 2. The van der Waals surface area contributed by atoms with Gasteiger partial charge in [-0.3, -0.25) is 9.59 Å². The van der Waals surface area contributed by atoms with Crippen LogP contribution in [0, 0.1) is 0 Å². The number of benzene rings is 2. The smallest absolute Gasteiger partial charge is 0.295 e. The molecular formula is C27H29N3O5. The summed E-state index contributed by atoms with van der Waals surface area (Å²) in [5.41, 5.74) is 1.24. The van der Waals surface area contributed by atoms with Gasteiger partial charge in [0.2, 0.25) is 0 Å². The Balaban J connectivity index is 1.70. The maximum atomic E-state index is 13.2. The number of ether oxygens (including phenoxy) is 2. The van der Waals surface area contributed by atoms with Crippen LogP contribution >= 0.6 is 0 Å². The van der Waals surface area contributed by atoms with Crippen molar-refractivity contribution in [3.05, 3.63) is 84.0 Å². The molecule has 0 spiro atoms. The normalized spacial score (nSPS) is 17.1. The van der Waals surface area contributed by atoms with E-state index in [1.807, 2.05) is 36.7 Å². The van der Waals surface area contributed by atoms with Crippen molar-refractivity contribution in [2.24, 2.45) is 0 Å². The standard InChI is InChI=1S/C27H29N3O5/c1-3-34-21-10-6-19(7-11-21)24-23(25(31)20-8-12-22(13-9-20)35-4-2)26(32)27(33)30(24)16-5-15-29-17-14-28-18-29/h6-14,17-18,24,31H,3-5,15-16H2,1-2H3/b25-23+. The third-order valence-electron chi connectivity index (χ3n) is 5.86. The van der Waals surface area contributed by atoms with Crippen LogP contribution < -0.4 is 9.47 Å². The van der Waals surface area contributed by atoms with E-state index in [1.54, 1.807) is 48.9 Å². The minimum atomic E-state index is -0.708. The first-order chi connectivity index (χ1) is 17.0. The van der Waals surface area contributed by atoms with Crippen LogP contribution in [0.25, 0.3) is 5.76 Å². The summed E-state index contributed by atoms with van der Waals surface area (Å²) in [4.78, 5) is 31.9. The van der Waals surface area contributed by atoms with E-state index >= 15 is 0 Å². The Labute approximate surface area is 204 Å². The van der Waals surface area contributed by atoms with Crippen LogP contribution in [0.15, 0.2) is 72.8 Å². The number of Topliss-reactive ketones (excluding diaryl/α,β-unsaturated/α-hetero) is 1. The SMILES string of the molecule is CCOc1ccc(/C(O)=C2\C(=O)C(=O)N(CCCn3ccnc3)C2c2ccc(OCC)cc2)cc1. The van der Waals surface area contributed by atoms with Crippen molar-refractivity contribution in [1.29, 1.82) is 0 Å². The van der Waals surface area contributed by atoms with Gasteiger partial charge < -0.3 is 24.0 Å². The molecule has 8 heteroatoms. The lowest BCUT2D eigenvalue weighted by atomic mass is 9.95. The van der Waals surface area contributed by atoms with E-state index in [1.165, 1.54) is 4.90 Å². The summed E-state index contributed by atoms with van der Waals surface area (Å²) in [6.07, 6.45) is 5.89. The second-order valence-corrected chi connectivity index (χ2v) is 8.11. The number of ketones is 1. The topological polar surface area (TPSA) is 93.9 Å². The molecular weight excluding hydrogens is 446 g/mol. The first-order valence-corrected chi connectivity index (χ1v) is 11.7. The first kappa shape index (κ1) is 24.1. The van der Waals surface area contributed by atoms with Gasteiger partial charge in [-0.2, -0.15) is 0 Å². The Morgan fingerprint density at radius 3 is 2.14 bits per heavy atom. The van der Waals surface area contributed by atoms with Gasteiger partial charge in [0.25, 0.3) is 11.7 Å². The van der Waals surface area contributed by atoms with E-state index in [0.29, 0.717) is 49.8 Å². The molecule has 8 nitrogen and oxygen atoms in total. The van der Waals surface area contributed by atoms with Crippen LogP contribution in [0.2, 0.25) is 0 Å². The molecule has 0 aliphatic carbocycles. The van der Waals surface area contributed by atoms with Crippen molar-refractivity contribution < 1.29 is 24.2 Å². The molecule has 1 aliphatic rings. The highest BCUT2D eigenvalue weighted by atomic mass is 16.5. The number of nitrogens with zero attached hydrogens (tertiary/aromatic N) is 3. The molecule has 1 fully saturated rings. The highest BCUT2D eigenvalue weighted by Gasteiger charge is 2.45. The lowest BCUT2D eigenvalue weighted by Gasteiger charge is -2.25. The molecule has 1 N–H and O–H groups in total. The summed E-state index contributed by atoms with van der Waals surface area (Å²) in [5, 5.41) is 11.2. The molecule has 1 aromatic heterocycles. The van der Waals surface area contributed by atoms with Crippen molar-refractivity contribution in [1.82, 2.24) is 14.5 Å². The van der Waals surface area contributed by atoms with Gasteiger partial charge in [0.1, 0.15) is 17.3 Å². The van der Waals surface area contributed by atoms with E-state index in [0.717, 1.165) is 5.56 Å². The average Bonchev–Trinajstić information content (AvgIpc) is 3.47. The zero-order valence-corrected chi connectivity index (χ0v) is 19.9. The van der Waals surface area contributed by atoms with Gasteiger partial charge in [0.15, 0.2) is 0 Å². The summed E-state index contributed by atoms with van der Waals surface area (Å²) in [6.45, 7) is 5.84. The maximum Gasteiger partial charge on any atom is 0.295 e. The molecule has 35 heavy (non-hydrogen) atoms. The number of hydrogen-bond acceptors (Lipinski definition) is 6. The predicted molar refractivity (Wildman–Crippen MR) is 131 cm³/mol. The number of likely N-dealkylation sites (tertiary alicyclic amines) is 1. The zero-order chi connectivity index (χ0) is 24.8. The fraction of sp³-hybridized carbons (Fsp3) is 0.296. The summed E-state index contributed by atoms with van der Waals surface area (Å²) in [5.74, 6) is -0.172. The summed E-state index contributed by atoms with van der Waals surface area (Å²) < 4.78 is 12.9. The molecule has 1 aliphatic heterocycles. The Kier molecular flexibility index (Phi) is 7.50. The van der Waals surface area contributed by atoms with E-state index in [9.17, 15) is 14.7 Å². The van der Waals surface area contributed by atoms with Crippen LogP contribution in [0.1, 0.15) is 37.4 Å². The maximum absolute atomic E-state index is 13.2. The summed E-state index contributed by atoms with van der Waals surface area (Å²) in [7, 11) is 0. The number of aliphatic hydroxyl groups excluding tert-OH is 1. The van der Waals surface area contributed by atoms with Crippen LogP contribution in [-0.2, 0) is 16.1 Å². The minimum absolute atomic E-state index is 0.0750. The number of aromatic nitrogens is 2. The van der Waals surface area contributed by atoms with Crippen LogP contribution in [0.3, 0.4) is 0 Å². The van der Waals surface area contributed by atoms with Gasteiger partial charge in [-0.15, -0.1) is 0 Å². The third kappa shape index (κ3) is 5.21. The molecule has 1 saturated heterocycles. The van der Waals surface area contributed by atoms with Crippen LogP contribution in [0.4, 0.5) is 0 Å². The Hall–Kier alpha value is -4.07. The molecule has 1 amide bonds. The summed E-state index contributed by atoms with van der Waals surface area (Å²) >= 11 is 0. The molecule has 0 saturated carbocycles. The number of aliphatic hydroxyl groups is 1. The largest absolute Gasteiger partial charge is 0.507 e. The Morgan fingerprint density at radius 1 is 0.943 bits per heavy atom. The van der Waals surface area contributed by atoms with Gasteiger partial charge in [0.05, 0.1) is 31.2 Å². The van der Waals surface area contributed by atoms with E-state index in [4.69, 9.17) is 9.47 Å². The first-order valence-electron chi connectivity index (χ1n) is 11.7. The Bertz CT molecular complexity index is 1180. The molecule has 1 unspecified atom stereocenters. The number of imidazole rings is 1. The van der Waals surface area contributed by atoms with Crippen molar-refractivity contribution in [2.45, 2.75) is 32.9 Å². The van der Waals surface area contributed by atoms with Crippen molar-refractivity contribution in [3.8, 4) is 11.5 Å². The zero-order valence-electron chi connectivity index (χ0n) is 19.9. The second kappa shape index (κ2) is 10.9. The molecule has 3 aromatic rings. The fourth-order valence-corrected chi connectivity index (χ4v) is 4.24. The van der Waals surface area contributed by atoms with Crippen molar-refractivity contribution in [3.63, 3.8) is 0 Å². The lowest BCUT2D eigenvalue weighted by molar-refractivity contribution is -0.139. The monoisotopic (exact) mass is 475 g/mol. The van der Waals surface area contributed by atoms with Gasteiger partial charge in [-0.1, -0.05) is 12.1 Å². The minimum Gasteiger partial charge on any atom is -0.507 e. The molecule has 0 radical (unpaired) electrons. The highest BCUT2D eigenvalue weighted by Crippen LogP contribution is 2.40. The number of aryl methyl sites for hydroxylation is 1. The third-order valence-corrected chi connectivity index (χ3v) is 5.86. The van der Waals surface area contributed by atoms with Crippen molar-refractivity contribution >= 4 is 17.4 Å². The van der Waals surface area contributed by atoms with Crippen LogP contribution in [0.5, 0.6) is 11.5 Å². The molecule has 0 bridgehead atoms. The van der Waals surface area contributed by atoms with Gasteiger partial charge in [-0.25, -0.2) is 4.98 Å². The highest BCUT2D eigenvalue weighted by molar-refractivity contribution is 6.46. The van der Waals surface area contributed by atoms with Gasteiger partial charge in [-0.05, 0) is 62.2 Å². The molecule has 1 atom stereocenters. The average molecular weight is 476 g/mol. The van der Waals surface area contributed by atoms with Crippen molar-refractivity contribution in [2.75, 3.05) is 19.8 Å². The lowest BCUT2D eigenvalue weighted by Crippen LogP contribution is -2.31. The number of rotatable bonds is 10. The van der Waals surface area contributed by atoms with E-state index < -0.39 is 17.7 Å². The summed E-state index contributed by atoms with van der Waals surface area (Å²) in [6, 6.07) is 13.4. The molecule has 4 rings (SSSR count). The fourth-order valence-electron chi connectivity index (χ4n) is 4.24. The quantitative estimate of drug-likeness (QED) is 0.268. The number of amides is 1. The molecule has 182 valence electrons. The van der Waals surface area contributed by atoms with Gasteiger partial charge >= 0.3 is 0 Å². The van der Waals surface area contributed by atoms with Gasteiger partial charge in [0, 0.05) is 31.0 Å². The molecule has 2 aromatic carbocycles. The number of carbonyl (C=O) groups is 2. The van der Waals surface area contributed by atoms with Crippen LogP contribution in [-0.4, -0.2) is 51.0 Å². The second-order valence-electron chi connectivity index (χ2n) is 8.11.